The fourth-order valence-corrected chi connectivity index (χ4v) is 2.47. The molecule has 5 nitrogen and oxygen atoms in total. The highest BCUT2D eigenvalue weighted by Crippen LogP contribution is 2.22. The van der Waals surface area contributed by atoms with Gasteiger partial charge in [0, 0.05) is 37.6 Å². The van der Waals surface area contributed by atoms with Crippen molar-refractivity contribution in [2.45, 2.75) is 0 Å². The summed E-state index contributed by atoms with van der Waals surface area (Å²) in [5.74, 6) is 0.533. The van der Waals surface area contributed by atoms with E-state index < -0.39 is 0 Å². The number of nitrogen functional groups attached to an aromatic ring is 1. The lowest BCUT2D eigenvalue weighted by molar-refractivity contribution is 0.313. The number of anilines is 4. The molecule has 2 heterocycles. The van der Waals surface area contributed by atoms with Gasteiger partial charge in [0.25, 0.3) is 0 Å². The number of nitrogens with one attached hydrogen (secondary N) is 1. The van der Waals surface area contributed by atoms with Crippen LogP contribution in [0.5, 0.6) is 0 Å². The second kappa shape index (κ2) is 6.01. The second-order valence-corrected chi connectivity index (χ2v) is 5.43. The lowest BCUT2D eigenvalue weighted by atomic mass is 10.2. The van der Waals surface area contributed by atoms with Crippen molar-refractivity contribution in [3.63, 3.8) is 0 Å². The Kier molecular flexibility index (Phi) is 3.92. The summed E-state index contributed by atoms with van der Waals surface area (Å²) in [4.78, 5) is 8.86. The number of nitrogens with zero attached hydrogens (tertiary/aromatic N) is 3. The summed E-state index contributed by atoms with van der Waals surface area (Å²) < 4.78 is 0. The van der Waals surface area contributed by atoms with E-state index in [9.17, 15) is 0 Å². The maximum Gasteiger partial charge on any atom is 0.123 e. The molecule has 0 saturated carbocycles. The van der Waals surface area contributed by atoms with Crippen LogP contribution in [-0.2, 0) is 0 Å². The van der Waals surface area contributed by atoms with Crippen LogP contribution in [0.2, 0.25) is 0 Å². The Hall–Kier alpha value is -2.27. The molecule has 0 spiro atoms. The van der Waals surface area contributed by atoms with E-state index in [2.05, 4.69) is 51.4 Å². The molecule has 0 aliphatic carbocycles. The topological polar surface area (TPSA) is 57.4 Å². The van der Waals surface area contributed by atoms with E-state index >= 15 is 0 Å². The van der Waals surface area contributed by atoms with Crippen molar-refractivity contribution >= 4 is 22.9 Å². The van der Waals surface area contributed by atoms with Gasteiger partial charge < -0.3 is 20.9 Å². The first-order valence-electron chi connectivity index (χ1n) is 7.23. The van der Waals surface area contributed by atoms with E-state index in [1.165, 1.54) is 5.69 Å². The number of likely N-dealkylation sites (N-methyl/N-ethyl adjacent to an activating group) is 1. The van der Waals surface area contributed by atoms with Crippen LogP contribution >= 0.6 is 0 Å². The monoisotopic (exact) mass is 283 g/mol. The molecule has 3 rings (SSSR count). The summed E-state index contributed by atoms with van der Waals surface area (Å²) in [6, 6.07) is 12.3. The maximum absolute atomic E-state index is 5.58. The largest absolute Gasteiger partial charge is 0.384 e. The average Bonchev–Trinajstić information content (AvgIpc) is 2.51. The van der Waals surface area contributed by atoms with Crippen LogP contribution < -0.4 is 16.0 Å². The summed E-state index contributed by atoms with van der Waals surface area (Å²) >= 11 is 0. The number of benzene rings is 1. The molecule has 1 aliphatic rings. The van der Waals surface area contributed by atoms with E-state index in [0.29, 0.717) is 5.82 Å². The molecule has 1 saturated heterocycles. The van der Waals surface area contributed by atoms with Crippen molar-refractivity contribution in [2.75, 3.05) is 49.2 Å². The van der Waals surface area contributed by atoms with Gasteiger partial charge in [0.15, 0.2) is 0 Å². The smallest absolute Gasteiger partial charge is 0.123 e. The van der Waals surface area contributed by atoms with Crippen LogP contribution in [0.4, 0.5) is 22.9 Å². The van der Waals surface area contributed by atoms with Gasteiger partial charge in [-0.3, -0.25) is 0 Å². The fraction of sp³-hybridized carbons (Fsp3) is 0.312. The summed E-state index contributed by atoms with van der Waals surface area (Å²) in [5, 5.41) is 3.32. The van der Waals surface area contributed by atoms with Gasteiger partial charge in [-0.1, -0.05) is 0 Å². The number of hydrogen-bond donors (Lipinski definition) is 2. The molecule has 1 aromatic carbocycles. The Morgan fingerprint density at radius 1 is 0.952 bits per heavy atom. The zero-order valence-corrected chi connectivity index (χ0v) is 12.3. The summed E-state index contributed by atoms with van der Waals surface area (Å²) in [5.41, 5.74) is 8.86. The molecule has 0 unspecified atom stereocenters. The molecule has 3 N–H and O–H groups in total. The zero-order chi connectivity index (χ0) is 14.7. The summed E-state index contributed by atoms with van der Waals surface area (Å²) in [6.07, 6.45) is 1.74. The van der Waals surface area contributed by atoms with Gasteiger partial charge >= 0.3 is 0 Å². The van der Waals surface area contributed by atoms with Gasteiger partial charge in [-0.05, 0) is 43.4 Å². The molecular weight excluding hydrogens is 262 g/mol. The highest BCUT2D eigenvalue weighted by Gasteiger charge is 2.13. The van der Waals surface area contributed by atoms with Gasteiger partial charge in [0.1, 0.15) is 5.82 Å². The molecule has 2 aromatic rings. The van der Waals surface area contributed by atoms with Crippen molar-refractivity contribution in [3.05, 3.63) is 42.6 Å². The van der Waals surface area contributed by atoms with Crippen LogP contribution in [0.25, 0.3) is 0 Å². The van der Waals surface area contributed by atoms with Gasteiger partial charge in [0.05, 0.1) is 11.9 Å². The Morgan fingerprint density at radius 3 is 2.24 bits per heavy atom. The highest BCUT2D eigenvalue weighted by atomic mass is 15.2. The van der Waals surface area contributed by atoms with E-state index in [4.69, 9.17) is 5.73 Å². The quantitative estimate of drug-likeness (QED) is 0.904. The minimum absolute atomic E-state index is 0.533. The van der Waals surface area contributed by atoms with Gasteiger partial charge in [0.2, 0.25) is 0 Å². The molecule has 0 atom stereocenters. The van der Waals surface area contributed by atoms with E-state index in [-0.39, 0.29) is 0 Å². The molecule has 5 heteroatoms. The third kappa shape index (κ3) is 3.44. The van der Waals surface area contributed by atoms with Crippen molar-refractivity contribution in [2.24, 2.45) is 0 Å². The minimum Gasteiger partial charge on any atom is -0.384 e. The Morgan fingerprint density at radius 2 is 1.62 bits per heavy atom. The third-order valence-electron chi connectivity index (χ3n) is 3.81. The number of hydrogen-bond acceptors (Lipinski definition) is 5. The number of aromatic nitrogens is 1. The molecule has 1 aliphatic heterocycles. The van der Waals surface area contributed by atoms with E-state index in [1.54, 1.807) is 12.3 Å². The van der Waals surface area contributed by atoms with Crippen molar-refractivity contribution < 1.29 is 0 Å². The Bertz CT molecular complexity index is 571. The lowest BCUT2D eigenvalue weighted by Crippen LogP contribution is -2.44. The fourth-order valence-electron chi connectivity index (χ4n) is 2.47. The third-order valence-corrected chi connectivity index (χ3v) is 3.81. The molecular formula is C16H21N5. The molecule has 110 valence electrons. The number of piperazine rings is 1. The van der Waals surface area contributed by atoms with Crippen LogP contribution in [0.3, 0.4) is 0 Å². The summed E-state index contributed by atoms with van der Waals surface area (Å²) in [6.45, 7) is 4.42. The number of nitrogens with two attached hydrogens (primary N) is 1. The predicted octanol–water partition coefficient (Wildman–Crippen LogP) is 2.16. The SMILES string of the molecule is CN1CCN(c2ccc(Nc3ccc(N)nc3)cc2)CC1. The number of pyridine rings is 1. The van der Waals surface area contributed by atoms with Crippen molar-refractivity contribution in [1.29, 1.82) is 0 Å². The Labute approximate surface area is 125 Å². The first-order valence-corrected chi connectivity index (χ1v) is 7.23. The second-order valence-electron chi connectivity index (χ2n) is 5.43. The first-order chi connectivity index (χ1) is 10.2. The van der Waals surface area contributed by atoms with Gasteiger partial charge in [-0.15, -0.1) is 0 Å². The van der Waals surface area contributed by atoms with Crippen LogP contribution in [-0.4, -0.2) is 43.1 Å². The number of rotatable bonds is 3. The predicted molar refractivity (Wildman–Crippen MR) is 88.1 cm³/mol. The first kappa shape index (κ1) is 13.7. The van der Waals surface area contributed by atoms with Crippen LogP contribution in [0, 0.1) is 0 Å². The van der Waals surface area contributed by atoms with Crippen LogP contribution in [0.1, 0.15) is 0 Å². The average molecular weight is 283 g/mol. The zero-order valence-electron chi connectivity index (χ0n) is 12.3. The molecule has 0 amide bonds. The molecule has 1 aromatic heterocycles. The van der Waals surface area contributed by atoms with E-state index in [1.807, 2.05) is 6.07 Å². The molecule has 0 radical (unpaired) electrons. The van der Waals surface area contributed by atoms with Gasteiger partial charge in [-0.2, -0.15) is 0 Å². The van der Waals surface area contributed by atoms with Gasteiger partial charge in [-0.25, -0.2) is 4.98 Å². The Balaban J connectivity index is 1.65. The van der Waals surface area contributed by atoms with Crippen molar-refractivity contribution in [3.8, 4) is 0 Å². The molecule has 21 heavy (non-hydrogen) atoms. The standard InChI is InChI=1S/C16H21N5/c1-20-8-10-21(11-9-20)15-5-2-13(3-6-15)19-14-4-7-16(17)18-12-14/h2-7,12,19H,8-11H2,1H3,(H2,17,18). The summed E-state index contributed by atoms with van der Waals surface area (Å²) in [7, 11) is 2.17. The van der Waals surface area contributed by atoms with E-state index in [0.717, 1.165) is 37.6 Å². The lowest BCUT2D eigenvalue weighted by Gasteiger charge is -2.34. The van der Waals surface area contributed by atoms with Crippen molar-refractivity contribution in [1.82, 2.24) is 9.88 Å². The van der Waals surface area contributed by atoms with Crippen LogP contribution in [0.15, 0.2) is 42.6 Å². The molecule has 0 bridgehead atoms. The normalized spacial score (nSPS) is 16.0. The highest BCUT2D eigenvalue weighted by molar-refractivity contribution is 5.63. The minimum atomic E-state index is 0.533. The maximum atomic E-state index is 5.58. The molecule has 1 fully saturated rings.